The number of aromatic nitrogens is 1. The van der Waals surface area contributed by atoms with Crippen LogP contribution in [-0.4, -0.2) is 36.2 Å². The third kappa shape index (κ3) is 4.46. The highest BCUT2D eigenvalue weighted by molar-refractivity contribution is 5.16. The van der Waals surface area contributed by atoms with Crippen molar-refractivity contribution in [2.75, 3.05) is 26.3 Å². The fraction of sp³-hybridized carbons (Fsp3) is 0.667. The Morgan fingerprint density at radius 2 is 2.05 bits per heavy atom. The highest BCUT2D eigenvalue weighted by Gasteiger charge is 2.20. The molecule has 4 heteroatoms. The van der Waals surface area contributed by atoms with Gasteiger partial charge in [0.25, 0.3) is 0 Å². The van der Waals surface area contributed by atoms with E-state index >= 15 is 0 Å². The van der Waals surface area contributed by atoms with Gasteiger partial charge in [0.1, 0.15) is 0 Å². The van der Waals surface area contributed by atoms with Crippen LogP contribution in [0.5, 0.6) is 0 Å². The average molecular weight is 266 g/mol. The number of likely N-dealkylation sites (tertiary alicyclic amines) is 1. The fourth-order valence-electron chi connectivity index (χ4n) is 2.81. The van der Waals surface area contributed by atoms with E-state index in [-0.39, 0.29) is 12.2 Å². The maximum absolute atomic E-state index is 12.0. The molecule has 0 radical (unpaired) electrons. The Balaban J connectivity index is 1.74. The number of aromatic amines is 1. The van der Waals surface area contributed by atoms with Crippen molar-refractivity contribution in [2.45, 2.75) is 38.0 Å². The molecule has 1 aliphatic heterocycles. The molecule has 1 fully saturated rings. The minimum Gasteiger partial charge on any atom is -0.329 e. The minimum atomic E-state index is -0.190. The van der Waals surface area contributed by atoms with Crippen LogP contribution in [0.15, 0.2) is 23.1 Å². The number of halogens is 1. The first-order chi connectivity index (χ1) is 9.29. The summed E-state index contributed by atoms with van der Waals surface area (Å²) >= 11 is 0. The summed E-state index contributed by atoms with van der Waals surface area (Å²) in [7, 11) is 0. The zero-order chi connectivity index (χ0) is 13.5. The molecule has 2 rings (SSSR count). The van der Waals surface area contributed by atoms with E-state index in [9.17, 15) is 9.18 Å². The Labute approximate surface area is 113 Å². The summed E-state index contributed by atoms with van der Waals surface area (Å²) in [6.45, 7) is 3.08. The van der Waals surface area contributed by atoms with Crippen LogP contribution < -0.4 is 5.56 Å². The van der Waals surface area contributed by atoms with E-state index in [1.165, 1.54) is 5.56 Å². The molecule has 1 aliphatic rings. The molecule has 0 atom stereocenters. The second-order valence-corrected chi connectivity index (χ2v) is 5.35. The van der Waals surface area contributed by atoms with Gasteiger partial charge < -0.3 is 9.88 Å². The lowest BCUT2D eigenvalue weighted by molar-refractivity contribution is 0.207. The van der Waals surface area contributed by atoms with E-state index in [1.54, 1.807) is 12.3 Å². The maximum atomic E-state index is 12.0. The number of rotatable bonds is 6. The van der Waals surface area contributed by atoms with Crippen molar-refractivity contribution in [3.05, 3.63) is 34.2 Å². The molecule has 0 aliphatic carbocycles. The number of pyridine rings is 1. The quantitative estimate of drug-likeness (QED) is 0.804. The molecule has 0 amide bonds. The van der Waals surface area contributed by atoms with Gasteiger partial charge in [0.05, 0.1) is 6.67 Å². The highest BCUT2D eigenvalue weighted by atomic mass is 19.1. The van der Waals surface area contributed by atoms with Gasteiger partial charge in [-0.1, -0.05) is 0 Å². The summed E-state index contributed by atoms with van der Waals surface area (Å²) in [5.41, 5.74) is 1.16. The lowest BCUT2D eigenvalue weighted by Gasteiger charge is -2.32. The molecule has 1 saturated heterocycles. The van der Waals surface area contributed by atoms with Crippen LogP contribution in [0.3, 0.4) is 0 Å². The van der Waals surface area contributed by atoms with Gasteiger partial charge in [0, 0.05) is 12.3 Å². The van der Waals surface area contributed by atoms with Crippen LogP contribution >= 0.6 is 0 Å². The molecule has 1 aromatic rings. The molecular formula is C15H23FN2O. The second-order valence-electron chi connectivity index (χ2n) is 5.35. The largest absolute Gasteiger partial charge is 0.329 e. The lowest BCUT2D eigenvalue weighted by atomic mass is 9.90. The molecule has 1 N–H and O–H groups in total. The number of hydrogen-bond acceptors (Lipinski definition) is 2. The van der Waals surface area contributed by atoms with Crippen LogP contribution in [-0.2, 0) is 0 Å². The molecule has 2 heterocycles. The standard InChI is InChI=1S/C15H23FN2O/c16-7-2-1-3-9-18-10-5-13(6-11-18)14-4-8-17-15(19)12-14/h4,8,12-13H,1-3,5-7,9-11H2,(H,17,19). The first kappa shape index (κ1) is 14.3. The molecule has 0 aromatic carbocycles. The van der Waals surface area contributed by atoms with Crippen LogP contribution in [0.4, 0.5) is 4.39 Å². The monoisotopic (exact) mass is 266 g/mol. The Hall–Kier alpha value is -1.16. The number of nitrogens with one attached hydrogen (secondary N) is 1. The van der Waals surface area contributed by atoms with Gasteiger partial charge in [-0.2, -0.15) is 0 Å². The summed E-state index contributed by atoms with van der Waals surface area (Å²) in [6.07, 6.45) is 6.76. The topological polar surface area (TPSA) is 36.1 Å². The lowest BCUT2D eigenvalue weighted by Crippen LogP contribution is -2.33. The summed E-state index contributed by atoms with van der Waals surface area (Å²) in [4.78, 5) is 16.4. The normalized spacial score (nSPS) is 17.7. The van der Waals surface area contributed by atoms with E-state index in [2.05, 4.69) is 9.88 Å². The summed E-state index contributed by atoms with van der Waals surface area (Å²) in [6, 6.07) is 3.74. The molecule has 0 bridgehead atoms. The van der Waals surface area contributed by atoms with Gasteiger partial charge in [0.2, 0.25) is 5.56 Å². The molecule has 19 heavy (non-hydrogen) atoms. The Morgan fingerprint density at radius 3 is 2.74 bits per heavy atom. The summed E-state index contributed by atoms with van der Waals surface area (Å²) in [5.74, 6) is 0.518. The van der Waals surface area contributed by atoms with Crippen molar-refractivity contribution in [1.82, 2.24) is 9.88 Å². The Kier molecular flexibility index (Phi) is 5.58. The number of alkyl halides is 1. The SMILES string of the molecule is O=c1cc(C2CCN(CCCCCF)CC2)cc[nH]1. The molecule has 3 nitrogen and oxygen atoms in total. The second kappa shape index (κ2) is 7.43. The minimum absolute atomic E-state index is 0.00819. The molecule has 106 valence electrons. The molecule has 0 spiro atoms. The van der Waals surface area contributed by atoms with E-state index in [0.29, 0.717) is 12.3 Å². The van der Waals surface area contributed by atoms with Crippen LogP contribution in [0.1, 0.15) is 43.6 Å². The zero-order valence-electron chi connectivity index (χ0n) is 11.4. The summed E-state index contributed by atoms with van der Waals surface area (Å²) in [5, 5.41) is 0. The van der Waals surface area contributed by atoms with Gasteiger partial charge in [-0.05, 0) is 69.3 Å². The predicted octanol–water partition coefficient (Wildman–Crippen LogP) is 2.69. The molecule has 0 unspecified atom stereocenters. The molecule has 0 saturated carbocycles. The van der Waals surface area contributed by atoms with Crippen molar-refractivity contribution in [3.8, 4) is 0 Å². The third-order valence-electron chi connectivity index (χ3n) is 3.97. The third-order valence-corrected chi connectivity index (χ3v) is 3.97. The molecular weight excluding hydrogens is 243 g/mol. The average Bonchev–Trinajstić information content (AvgIpc) is 2.44. The van der Waals surface area contributed by atoms with Crippen LogP contribution in [0, 0.1) is 0 Å². The van der Waals surface area contributed by atoms with Crippen LogP contribution in [0.25, 0.3) is 0 Å². The highest BCUT2D eigenvalue weighted by Crippen LogP contribution is 2.26. The van der Waals surface area contributed by atoms with Gasteiger partial charge >= 0.3 is 0 Å². The Bertz CT molecular complexity index is 424. The number of hydrogen-bond donors (Lipinski definition) is 1. The van der Waals surface area contributed by atoms with Crippen molar-refractivity contribution in [3.63, 3.8) is 0 Å². The number of nitrogens with zero attached hydrogens (tertiary/aromatic N) is 1. The molecule has 1 aromatic heterocycles. The van der Waals surface area contributed by atoms with Crippen molar-refractivity contribution in [2.24, 2.45) is 0 Å². The first-order valence-corrected chi connectivity index (χ1v) is 7.26. The maximum Gasteiger partial charge on any atom is 0.248 e. The van der Waals surface area contributed by atoms with E-state index in [1.807, 2.05) is 6.07 Å². The number of H-pyrrole nitrogens is 1. The first-order valence-electron chi connectivity index (χ1n) is 7.26. The van der Waals surface area contributed by atoms with Gasteiger partial charge in [-0.15, -0.1) is 0 Å². The van der Waals surface area contributed by atoms with Crippen molar-refractivity contribution in [1.29, 1.82) is 0 Å². The van der Waals surface area contributed by atoms with E-state index < -0.39 is 0 Å². The predicted molar refractivity (Wildman–Crippen MR) is 75.3 cm³/mol. The van der Waals surface area contributed by atoms with Crippen molar-refractivity contribution >= 4 is 0 Å². The number of piperidine rings is 1. The van der Waals surface area contributed by atoms with E-state index in [4.69, 9.17) is 0 Å². The van der Waals surface area contributed by atoms with Gasteiger partial charge in [0.15, 0.2) is 0 Å². The van der Waals surface area contributed by atoms with Gasteiger partial charge in [-0.25, -0.2) is 0 Å². The zero-order valence-corrected chi connectivity index (χ0v) is 11.4. The van der Waals surface area contributed by atoms with Crippen LogP contribution in [0.2, 0.25) is 0 Å². The fourth-order valence-corrected chi connectivity index (χ4v) is 2.81. The van der Waals surface area contributed by atoms with Crippen molar-refractivity contribution < 1.29 is 4.39 Å². The smallest absolute Gasteiger partial charge is 0.248 e. The Morgan fingerprint density at radius 1 is 1.26 bits per heavy atom. The number of unbranched alkanes of at least 4 members (excludes halogenated alkanes) is 2. The van der Waals surface area contributed by atoms with Gasteiger partial charge in [-0.3, -0.25) is 9.18 Å². The van der Waals surface area contributed by atoms with E-state index in [0.717, 1.165) is 45.3 Å². The summed E-state index contributed by atoms with van der Waals surface area (Å²) < 4.78 is 12.0.